The number of nitrogen functional groups attached to an aromatic ring is 1. The van der Waals surface area contributed by atoms with Crippen molar-refractivity contribution in [2.45, 2.75) is 39.8 Å². The molecule has 25 heavy (non-hydrogen) atoms. The normalized spacial score (nSPS) is 11.1. The smallest absolute Gasteiger partial charge is 0.332 e. The van der Waals surface area contributed by atoms with Gasteiger partial charge >= 0.3 is 5.69 Å². The number of amides is 1. The highest BCUT2D eigenvalue weighted by atomic mass is 32.1. The van der Waals surface area contributed by atoms with Gasteiger partial charge in [0.15, 0.2) is 0 Å². The molecule has 0 aliphatic carbocycles. The summed E-state index contributed by atoms with van der Waals surface area (Å²) in [7, 11) is 0. The molecular formula is C17H22N4O3S. The average Bonchev–Trinajstić information content (AvgIpc) is 3.11. The molecule has 7 nitrogen and oxygen atoms in total. The maximum atomic E-state index is 12.6. The minimum absolute atomic E-state index is 0.0120. The minimum Gasteiger partial charge on any atom is -0.383 e. The number of anilines is 2. The molecule has 0 atom stereocenters. The van der Waals surface area contributed by atoms with Crippen LogP contribution in [0.1, 0.15) is 31.6 Å². The summed E-state index contributed by atoms with van der Waals surface area (Å²) in [5.74, 6) is -0.482. The number of carbonyl (C=O) groups excluding carboxylic acids is 1. The van der Waals surface area contributed by atoms with Crippen molar-refractivity contribution in [2.24, 2.45) is 0 Å². The molecule has 134 valence electrons. The molecule has 0 aromatic carbocycles. The predicted molar refractivity (Wildman–Crippen MR) is 102 cm³/mol. The summed E-state index contributed by atoms with van der Waals surface area (Å²) < 4.78 is 2.44. The number of nitrogens with one attached hydrogen (secondary N) is 1. The van der Waals surface area contributed by atoms with Crippen LogP contribution in [-0.4, -0.2) is 15.0 Å². The van der Waals surface area contributed by atoms with Crippen LogP contribution in [0.5, 0.6) is 0 Å². The molecule has 3 N–H and O–H groups in total. The fourth-order valence-electron chi connectivity index (χ4n) is 2.40. The van der Waals surface area contributed by atoms with Crippen LogP contribution >= 0.6 is 11.3 Å². The van der Waals surface area contributed by atoms with E-state index in [0.717, 1.165) is 9.44 Å². The van der Waals surface area contributed by atoms with E-state index < -0.39 is 17.2 Å². The van der Waals surface area contributed by atoms with E-state index in [4.69, 9.17) is 5.73 Å². The number of hydrogen-bond donors (Lipinski definition) is 2. The number of rotatable bonds is 7. The Kier molecular flexibility index (Phi) is 6.35. The van der Waals surface area contributed by atoms with E-state index in [9.17, 15) is 14.4 Å². The van der Waals surface area contributed by atoms with E-state index in [1.165, 1.54) is 22.0 Å². The van der Waals surface area contributed by atoms with E-state index in [-0.39, 0.29) is 18.1 Å². The van der Waals surface area contributed by atoms with E-state index in [1.54, 1.807) is 6.08 Å². The zero-order valence-electron chi connectivity index (χ0n) is 14.3. The zero-order chi connectivity index (χ0) is 18.4. The van der Waals surface area contributed by atoms with Gasteiger partial charge in [-0.25, -0.2) is 4.79 Å². The van der Waals surface area contributed by atoms with Crippen LogP contribution in [0.2, 0.25) is 0 Å². The third-order valence-electron chi connectivity index (χ3n) is 3.55. The summed E-state index contributed by atoms with van der Waals surface area (Å²) in [6, 6.07) is 3.75. The Morgan fingerprint density at radius 1 is 1.24 bits per heavy atom. The maximum Gasteiger partial charge on any atom is 0.332 e. The highest BCUT2D eigenvalue weighted by molar-refractivity contribution is 7.10. The molecule has 0 saturated carbocycles. The Balaban J connectivity index is 2.40. The number of nitrogens with zero attached hydrogens (tertiary/aromatic N) is 2. The third-order valence-corrected chi connectivity index (χ3v) is 4.39. The molecule has 0 unspecified atom stereocenters. The largest absolute Gasteiger partial charge is 0.383 e. The van der Waals surface area contributed by atoms with Crippen molar-refractivity contribution in [2.75, 3.05) is 11.1 Å². The summed E-state index contributed by atoms with van der Waals surface area (Å²) in [5, 5.41) is 4.43. The molecule has 0 aliphatic heterocycles. The van der Waals surface area contributed by atoms with Gasteiger partial charge < -0.3 is 11.1 Å². The lowest BCUT2D eigenvalue weighted by Gasteiger charge is -2.16. The second-order valence-electron chi connectivity index (χ2n) is 5.49. The first-order chi connectivity index (χ1) is 12.0. The van der Waals surface area contributed by atoms with Crippen molar-refractivity contribution in [3.05, 3.63) is 49.3 Å². The molecule has 0 fully saturated rings. The molecule has 0 spiro atoms. The van der Waals surface area contributed by atoms with Gasteiger partial charge in [-0.1, -0.05) is 19.9 Å². The Labute approximate surface area is 149 Å². The third kappa shape index (κ3) is 4.27. The topological polar surface area (TPSA) is 99.1 Å². The Hall–Kier alpha value is -2.61. The van der Waals surface area contributed by atoms with Crippen LogP contribution in [0.4, 0.5) is 11.5 Å². The quantitative estimate of drug-likeness (QED) is 0.737. The second-order valence-corrected chi connectivity index (χ2v) is 6.47. The van der Waals surface area contributed by atoms with Crippen molar-refractivity contribution in [1.29, 1.82) is 0 Å². The van der Waals surface area contributed by atoms with Crippen LogP contribution in [0.25, 0.3) is 6.08 Å². The number of aromatic nitrogens is 2. The molecule has 2 heterocycles. The summed E-state index contributed by atoms with van der Waals surface area (Å²) in [4.78, 5) is 38.1. The average molecular weight is 362 g/mol. The number of nitrogens with two attached hydrogens (primary N) is 1. The molecule has 2 aromatic heterocycles. The second kappa shape index (κ2) is 8.48. The van der Waals surface area contributed by atoms with Gasteiger partial charge in [-0.15, -0.1) is 11.3 Å². The molecule has 0 saturated heterocycles. The van der Waals surface area contributed by atoms with Crippen LogP contribution in [-0.2, 0) is 17.9 Å². The molecule has 0 radical (unpaired) electrons. The van der Waals surface area contributed by atoms with Crippen molar-refractivity contribution >= 4 is 34.8 Å². The van der Waals surface area contributed by atoms with Gasteiger partial charge in [0.05, 0.1) is 0 Å². The number of carbonyl (C=O) groups is 1. The molecule has 0 aliphatic rings. The SMILES string of the molecule is CCCn1c(N)c(NC(=O)C=Cc2cccs2)c(=O)n(CCC)c1=O. The van der Waals surface area contributed by atoms with Gasteiger partial charge in [0.2, 0.25) is 5.91 Å². The van der Waals surface area contributed by atoms with Crippen molar-refractivity contribution in [3.8, 4) is 0 Å². The van der Waals surface area contributed by atoms with Gasteiger partial charge in [-0.2, -0.15) is 0 Å². The van der Waals surface area contributed by atoms with Gasteiger partial charge in [-0.05, 0) is 30.4 Å². The Bertz CT molecular complexity index is 879. The summed E-state index contributed by atoms with van der Waals surface area (Å²) in [6.45, 7) is 4.43. The van der Waals surface area contributed by atoms with Gasteiger partial charge in [-0.3, -0.25) is 18.7 Å². The highest BCUT2D eigenvalue weighted by Gasteiger charge is 2.17. The van der Waals surface area contributed by atoms with Crippen molar-refractivity contribution in [1.82, 2.24) is 9.13 Å². The zero-order valence-corrected chi connectivity index (χ0v) is 15.1. The van der Waals surface area contributed by atoms with Gasteiger partial charge in [0, 0.05) is 24.0 Å². The molecule has 8 heteroatoms. The van der Waals surface area contributed by atoms with Gasteiger partial charge in [0.25, 0.3) is 5.56 Å². The van der Waals surface area contributed by atoms with E-state index in [2.05, 4.69) is 5.32 Å². The lowest BCUT2D eigenvalue weighted by Crippen LogP contribution is -2.42. The molecule has 1 amide bonds. The predicted octanol–water partition coefficient (Wildman–Crippen LogP) is 2.13. The monoisotopic (exact) mass is 362 g/mol. The first-order valence-corrected chi connectivity index (χ1v) is 9.03. The molecule has 2 aromatic rings. The summed E-state index contributed by atoms with van der Waals surface area (Å²) >= 11 is 1.49. The van der Waals surface area contributed by atoms with E-state index >= 15 is 0 Å². The first-order valence-electron chi connectivity index (χ1n) is 8.15. The van der Waals surface area contributed by atoms with Crippen LogP contribution in [0, 0.1) is 0 Å². The maximum absolute atomic E-state index is 12.6. The van der Waals surface area contributed by atoms with Crippen molar-refractivity contribution in [3.63, 3.8) is 0 Å². The Morgan fingerprint density at radius 3 is 2.52 bits per heavy atom. The Morgan fingerprint density at radius 2 is 1.92 bits per heavy atom. The first kappa shape index (κ1) is 18.7. The standard InChI is InChI=1S/C17H22N4O3S/c1-3-9-20-15(18)14(16(23)21(10-4-2)17(20)24)19-13(22)8-7-12-6-5-11-25-12/h5-8,11H,3-4,9-10,18H2,1-2H3,(H,19,22). The number of hydrogen-bond acceptors (Lipinski definition) is 5. The van der Waals surface area contributed by atoms with Gasteiger partial charge in [0.1, 0.15) is 11.5 Å². The van der Waals surface area contributed by atoms with Crippen molar-refractivity contribution < 1.29 is 4.79 Å². The molecule has 0 bridgehead atoms. The summed E-state index contributed by atoms with van der Waals surface area (Å²) in [6.07, 6.45) is 4.30. The molecular weight excluding hydrogens is 340 g/mol. The van der Waals surface area contributed by atoms with E-state index in [0.29, 0.717) is 19.4 Å². The fourth-order valence-corrected chi connectivity index (χ4v) is 3.02. The van der Waals surface area contributed by atoms with Crippen LogP contribution < -0.4 is 22.3 Å². The number of thiophene rings is 1. The van der Waals surface area contributed by atoms with Crippen LogP contribution in [0.15, 0.2) is 33.2 Å². The highest BCUT2D eigenvalue weighted by Crippen LogP contribution is 2.13. The summed E-state index contributed by atoms with van der Waals surface area (Å²) in [5.41, 5.74) is 4.91. The lowest BCUT2D eigenvalue weighted by atomic mass is 10.3. The fraction of sp³-hybridized carbons (Fsp3) is 0.353. The minimum atomic E-state index is -0.574. The van der Waals surface area contributed by atoms with Crippen LogP contribution in [0.3, 0.4) is 0 Å². The van der Waals surface area contributed by atoms with E-state index in [1.807, 2.05) is 31.4 Å². The molecule has 2 rings (SSSR count). The lowest BCUT2D eigenvalue weighted by molar-refractivity contribution is -0.111.